The quantitative estimate of drug-likeness (QED) is 0.162. The minimum absolute atomic E-state index is 0.133. The van der Waals surface area contributed by atoms with Crippen LogP contribution in [0.1, 0.15) is 53.1 Å². The fourth-order valence-corrected chi connectivity index (χ4v) is 12.5. The summed E-state index contributed by atoms with van der Waals surface area (Å²) in [5, 5.41) is 3.26. The summed E-state index contributed by atoms with van der Waals surface area (Å²) >= 11 is 3.92. The number of thioether (sulfide) groups is 1. The van der Waals surface area contributed by atoms with Gasteiger partial charge in [-0.2, -0.15) is 0 Å². The largest absolute Gasteiger partial charge is 0.135 e. The lowest BCUT2D eigenvalue weighted by Gasteiger charge is -2.23. The first-order chi connectivity index (χ1) is 27.8. The highest BCUT2D eigenvalue weighted by Gasteiger charge is 2.38. The van der Waals surface area contributed by atoms with Crippen LogP contribution in [0.3, 0.4) is 0 Å². The molecule has 2 aliphatic carbocycles. The number of benzene rings is 7. The minimum atomic E-state index is -0.133. The predicted octanol–water partition coefficient (Wildman–Crippen LogP) is 15.6. The van der Waals surface area contributed by atoms with E-state index in [1.807, 2.05) is 23.1 Å². The van der Waals surface area contributed by atoms with Crippen molar-refractivity contribution >= 4 is 48.8 Å². The van der Waals surface area contributed by atoms with E-state index in [0.717, 1.165) is 12.0 Å². The lowest BCUT2D eigenvalue weighted by Crippen LogP contribution is -2.15. The number of thiophene rings is 1. The van der Waals surface area contributed by atoms with Gasteiger partial charge in [-0.1, -0.05) is 160 Å². The zero-order valence-corrected chi connectivity index (χ0v) is 34.1. The monoisotopic (exact) mass is 766 g/mol. The summed E-state index contributed by atoms with van der Waals surface area (Å²) in [7, 11) is 0. The molecule has 7 aromatic carbocycles. The minimum Gasteiger partial charge on any atom is -0.135 e. The second kappa shape index (κ2) is 13.2. The number of aryl methyl sites for hydroxylation is 1. The Morgan fingerprint density at radius 3 is 2.26 bits per heavy atom. The van der Waals surface area contributed by atoms with Gasteiger partial charge in [-0.15, -0.1) is 23.1 Å². The highest BCUT2D eigenvalue weighted by Crippen LogP contribution is 2.55. The van der Waals surface area contributed by atoms with E-state index in [9.17, 15) is 0 Å². The highest BCUT2D eigenvalue weighted by atomic mass is 32.2. The summed E-state index contributed by atoms with van der Waals surface area (Å²) in [6.45, 7) is 11.7. The topological polar surface area (TPSA) is 0 Å². The molecule has 8 aromatic rings. The molecule has 2 unspecified atom stereocenters. The molecule has 0 saturated heterocycles. The molecule has 0 fully saturated rings. The van der Waals surface area contributed by atoms with E-state index >= 15 is 0 Å². The van der Waals surface area contributed by atoms with Gasteiger partial charge in [0.25, 0.3) is 0 Å². The van der Waals surface area contributed by atoms with Crippen molar-refractivity contribution in [2.75, 3.05) is 0 Å². The lowest BCUT2D eigenvalue weighted by atomic mass is 9.79. The maximum atomic E-state index is 4.64. The van der Waals surface area contributed by atoms with Crippen LogP contribution in [0.4, 0.5) is 0 Å². The van der Waals surface area contributed by atoms with E-state index in [1.54, 1.807) is 0 Å². The van der Waals surface area contributed by atoms with Gasteiger partial charge in [-0.25, -0.2) is 0 Å². The number of allylic oxidation sites excluding steroid dienone is 4. The van der Waals surface area contributed by atoms with Gasteiger partial charge in [0.2, 0.25) is 0 Å². The molecule has 2 heterocycles. The van der Waals surface area contributed by atoms with E-state index in [0.29, 0.717) is 11.2 Å². The van der Waals surface area contributed by atoms with E-state index in [1.165, 1.54) is 103 Å². The van der Waals surface area contributed by atoms with E-state index in [-0.39, 0.29) is 5.41 Å². The first-order valence-electron chi connectivity index (χ1n) is 20.1. The Bertz CT molecular complexity index is 3020. The van der Waals surface area contributed by atoms with Gasteiger partial charge in [0.05, 0.1) is 0 Å². The van der Waals surface area contributed by atoms with Crippen LogP contribution in [-0.4, -0.2) is 5.25 Å². The second-order valence-electron chi connectivity index (χ2n) is 16.5. The van der Waals surface area contributed by atoms with Crippen molar-refractivity contribution in [3.05, 3.63) is 204 Å². The molecule has 57 heavy (non-hydrogen) atoms. The summed E-state index contributed by atoms with van der Waals surface area (Å²) < 4.78 is 2.73. The number of fused-ring (bicyclic) bond motifs is 10. The van der Waals surface area contributed by atoms with Crippen LogP contribution in [0.5, 0.6) is 0 Å². The molecule has 0 saturated carbocycles. The Morgan fingerprint density at radius 1 is 0.632 bits per heavy atom. The standard InChI is InChI=1S/C55H42S2/c1-33-21-22-38(41-17-12-18-45-43-15-8-10-19-49(43)57-54(41)45)31-47(33)40-25-23-36(30-39(40)29-34(2)35-13-6-5-7-14-35)37-24-26-42-44-27-28-51-52(46-16-9-11-20-50(46)56-51)53(44)55(3,4)48(42)32-37/h5-28,30-32,43,49H,2,29H2,1,3-4H3. The van der Waals surface area contributed by atoms with Crippen molar-refractivity contribution in [2.45, 2.75) is 48.7 Å². The van der Waals surface area contributed by atoms with Gasteiger partial charge in [-0.3, -0.25) is 0 Å². The summed E-state index contributed by atoms with van der Waals surface area (Å²) in [6.07, 6.45) is 9.89. The van der Waals surface area contributed by atoms with Crippen molar-refractivity contribution in [3.63, 3.8) is 0 Å². The summed E-state index contributed by atoms with van der Waals surface area (Å²) in [4.78, 5) is 1.42. The zero-order chi connectivity index (χ0) is 38.4. The molecule has 11 rings (SSSR count). The van der Waals surface area contributed by atoms with Crippen molar-refractivity contribution in [2.24, 2.45) is 0 Å². The Hall–Kier alpha value is -5.67. The molecule has 0 N–H and O–H groups in total. The van der Waals surface area contributed by atoms with Crippen LogP contribution in [0, 0.1) is 6.92 Å². The predicted molar refractivity (Wildman–Crippen MR) is 248 cm³/mol. The van der Waals surface area contributed by atoms with Crippen LogP contribution in [0.25, 0.3) is 70.3 Å². The molecular formula is C55H42S2. The van der Waals surface area contributed by atoms with Gasteiger partial charge >= 0.3 is 0 Å². The zero-order valence-electron chi connectivity index (χ0n) is 32.5. The molecule has 0 bridgehead atoms. The van der Waals surface area contributed by atoms with Crippen LogP contribution >= 0.6 is 23.1 Å². The summed E-state index contributed by atoms with van der Waals surface area (Å²) in [5.74, 6) is 0.443. The smallest absolute Gasteiger partial charge is 0.0381 e. The summed E-state index contributed by atoms with van der Waals surface area (Å²) in [5.41, 5.74) is 19.5. The molecule has 3 aliphatic rings. The van der Waals surface area contributed by atoms with Gasteiger partial charge in [0.1, 0.15) is 0 Å². The van der Waals surface area contributed by atoms with Gasteiger partial charge in [-0.05, 0) is 121 Å². The van der Waals surface area contributed by atoms with Gasteiger partial charge in [0.15, 0.2) is 0 Å². The average molecular weight is 767 g/mol. The van der Waals surface area contributed by atoms with Crippen molar-refractivity contribution in [3.8, 4) is 44.5 Å². The van der Waals surface area contributed by atoms with E-state index in [2.05, 4.69) is 191 Å². The van der Waals surface area contributed by atoms with Crippen molar-refractivity contribution in [1.82, 2.24) is 0 Å². The highest BCUT2D eigenvalue weighted by molar-refractivity contribution is 8.00. The molecule has 274 valence electrons. The van der Waals surface area contributed by atoms with E-state index < -0.39 is 0 Å². The normalized spacial score (nSPS) is 17.1. The maximum absolute atomic E-state index is 4.64. The molecule has 0 nitrogen and oxygen atoms in total. The Balaban J connectivity index is 1.02. The first kappa shape index (κ1) is 34.6. The third-order valence-electron chi connectivity index (χ3n) is 12.8. The molecule has 1 aliphatic heterocycles. The number of hydrogen-bond acceptors (Lipinski definition) is 2. The second-order valence-corrected chi connectivity index (χ2v) is 18.8. The molecule has 1 aromatic heterocycles. The van der Waals surface area contributed by atoms with Crippen LogP contribution in [0.2, 0.25) is 0 Å². The van der Waals surface area contributed by atoms with Crippen molar-refractivity contribution in [1.29, 1.82) is 0 Å². The van der Waals surface area contributed by atoms with Gasteiger partial charge in [0, 0.05) is 41.7 Å². The SMILES string of the molecule is C=C(Cc1cc(-c2ccc3c(c2)C(C)(C)c2c-3ccc3sc4ccccc4c23)ccc1-c1cc(-c2cccc3c2SC2C=CC=CC32)ccc1C)c1ccccc1. The Kier molecular flexibility index (Phi) is 8.00. The molecule has 0 radical (unpaired) electrons. The molecule has 2 atom stereocenters. The first-order valence-corrected chi connectivity index (χ1v) is 21.8. The maximum Gasteiger partial charge on any atom is 0.0381 e. The fraction of sp³-hybridized carbons (Fsp3) is 0.127. The number of hydrogen-bond donors (Lipinski definition) is 0. The molecule has 2 heteroatoms. The lowest BCUT2D eigenvalue weighted by molar-refractivity contribution is 0.667. The van der Waals surface area contributed by atoms with Gasteiger partial charge < -0.3 is 0 Å². The fourth-order valence-electron chi connectivity index (χ4n) is 9.86. The average Bonchev–Trinajstić information content (AvgIpc) is 3.89. The van der Waals surface area contributed by atoms with Crippen LogP contribution in [0.15, 0.2) is 175 Å². The summed E-state index contributed by atoms with van der Waals surface area (Å²) in [6, 6.07) is 52.6. The third-order valence-corrected chi connectivity index (χ3v) is 15.3. The Morgan fingerprint density at radius 2 is 1.39 bits per heavy atom. The van der Waals surface area contributed by atoms with Crippen LogP contribution in [-0.2, 0) is 11.8 Å². The molecule has 0 amide bonds. The Labute approximate surface area is 344 Å². The van der Waals surface area contributed by atoms with E-state index in [4.69, 9.17) is 0 Å². The number of rotatable bonds is 6. The molecular weight excluding hydrogens is 725 g/mol. The third kappa shape index (κ3) is 5.49. The van der Waals surface area contributed by atoms with Crippen molar-refractivity contribution < 1.29 is 0 Å². The van der Waals surface area contributed by atoms with Crippen LogP contribution < -0.4 is 0 Å². The molecule has 0 spiro atoms.